The van der Waals surface area contributed by atoms with Crippen molar-refractivity contribution < 1.29 is 0 Å². The van der Waals surface area contributed by atoms with E-state index in [1.165, 1.54) is 62.0 Å². The van der Waals surface area contributed by atoms with Gasteiger partial charge in [0.25, 0.3) is 0 Å². The van der Waals surface area contributed by atoms with Gasteiger partial charge < -0.3 is 10.6 Å². The lowest BCUT2D eigenvalue weighted by Crippen LogP contribution is -2.28. The molecule has 0 bridgehead atoms. The summed E-state index contributed by atoms with van der Waals surface area (Å²) in [5.41, 5.74) is 10.5. The van der Waals surface area contributed by atoms with Gasteiger partial charge in [0.1, 0.15) is 0 Å². The van der Waals surface area contributed by atoms with E-state index in [2.05, 4.69) is 30.0 Å². The Morgan fingerprint density at radius 3 is 2.84 bits per heavy atom. The van der Waals surface area contributed by atoms with Crippen LogP contribution in [0.25, 0.3) is 0 Å². The van der Waals surface area contributed by atoms with Gasteiger partial charge in [0.2, 0.25) is 0 Å². The molecule has 0 radical (unpaired) electrons. The second-order valence-electron chi connectivity index (χ2n) is 6.45. The van der Waals surface area contributed by atoms with Crippen molar-refractivity contribution in [3.05, 3.63) is 29.3 Å². The summed E-state index contributed by atoms with van der Waals surface area (Å²) in [4.78, 5) is 2.64. The van der Waals surface area contributed by atoms with Crippen LogP contribution in [0.4, 0.5) is 5.69 Å². The zero-order valence-electron chi connectivity index (χ0n) is 12.1. The Kier molecular flexibility index (Phi) is 3.79. The Labute approximate surface area is 117 Å². The summed E-state index contributed by atoms with van der Waals surface area (Å²) in [5.74, 6) is 0.925. The molecule has 1 saturated carbocycles. The molecule has 2 nitrogen and oxygen atoms in total. The molecule has 1 heterocycles. The quantitative estimate of drug-likeness (QED) is 0.899. The maximum Gasteiger partial charge on any atom is 0.0432 e. The maximum absolute atomic E-state index is 6.01. The highest BCUT2D eigenvalue weighted by Gasteiger charge is 2.26. The number of hydrogen-bond acceptors (Lipinski definition) is 2. The number of rotatable bonds is 4. The van der Waals surface area contributed by atoms with Crippen LogP contribution in [-0.2, 0) is 12.8 Å². The first kappa shape index (κ1) is 13.0. The summed E-state index contributed by atoms with van der Waals surface area (Å²) >= 11 is 0. The fourth-order valence-electron chi connectivity index (χ4n) is 3.82. The third-order valence-corrected chi connectivity index (χ3v) is 4.67. The molecule has 104 valence electrons. The summed E-state index contributed by atoms with van der Waals surface area (Å²) in [6, 6.07) is 7.03. The Morgan fingerprint density at radius 2 is 2.11 bits per heavy atom. The standard InChI is InChI=1S/C17H26N2/c1-13(18)11-16-8-4-7-15-9-10-19(17(15)16)12-14-5-2-3-6-14/h4,7-8,13-14H,2-3,5-6,9-12,18H2,1H3. The van der Waals surface area contributed by atoms with Crippen LogP contribution in [-0.4, -0.2) is 19.1 Å². The van der Waals surface area contributed by atoms with Crippen molar-refractivity contribution in [1.29, 1.82) is 0 Å². The zero-order chi connectivity index (χ0) is 13.2. The third-order valence-electron chi connectivity index (χ3n) is 4.67. The Balaban J connectivity index is 1.80. The first-order valence-electron chi connectivity index (χ1n) is 7.85. The predicted octanol–water partition coefficient (Wildman–Crippen LogP) is 3.13. The van der Waals surface area contributed by atoms with Crippen molar-refractivity contribution in [3.63, 3.8) is 0 Å². The zero-order valence-corrected chi connectivity index (χ0v) is 12.1. The second-order valence-corrected chi connectivity index (χ2v) is 6.45. The monoisotopic (exact) mass is 258 g/mol. The van der Waals surface area contributed by atoms with Gasteiger partial charge in [0.05, 0.1) is 0 Å². The molecule has 1 aromatic carbocycles. The van der Waals surface area contributed by atoms with Crippen LogP contribution in [0.2, 0.25) is 0 Å². The SMILES string of the molecule is CC(N)Cc1cccc2c1N(CC1CCCC1)CC2. The second kappa shape index (κ2) is 5.54. The van der Waals surface area contributed by atoms with E-state index >= 15 is 0 Å². The van der Waals surface area contributed by atoms with Gasteiger partial charge in [-0.15, -0.1) is 0 Å². The van der Waals surface area contributed by atoms with Gasteiger partial charge in [0.15, 0.2) is 0 Å². The van der Waals surface area contributed by atoms with Gasteiger partial charge in [-0.1, -0.05) is 31.0 Å². The van der Waals surface area contributed by atoms with Crippen molar-refractivity contribution >= 4 is 5.69 Å². The van der Waals surface area contributed by atoms with Crippen LogP contribution in [0, 0.1) is 5.92 Å². The van der Waals surface area contributed by atoms with E-state index in [4.69, 9.17) is 5.73 Å². The van der Waals surface area contributed by atoms with E-state index < -0.39 is 0 Å². The highest BCUT2D eigenvalue weighted by Crippen LogP contribution is 2.35. The van der Waals surface area contributed by atoms with E-state index in [1.807, 2.05) is 0 Å². The number of benzene rings is 1. The highest BCUT2D eigenvalue weighted by atomic mass is 15.2. The van der Waals surface area contributed by atoms with Gasteiger partial charge in [-0.2, -0.15) is 0 Å². The summed E-state index contributed by atoms with van der Waals surface area (Å²) in [5, 5.41) is 0. The molecule has 2 aliphatic rings. The molecule has 2 heteroatoms. The summed E-state index contributed by atoms with van der Waals surface area (Å²) in [7, 11) is 0. The molecular weight excluding hydrogens is 232 g/mol. The van der Waals surface area contributed by atoms with Crippen LogP contribution in [0.15, 0.2) is 18.2 Å². The lowest BCUT2D eigenvalue weighted by molar-refractivity contribution is 0.537. The van der Waals surface area contributed by atoms with Crippen molar-refractivity contribution in [2.45, 2.75) is 51.5 Å². The van der Waals surface area contributed by atoms with E-state index in [-0.39, 0.29) is 6.04 Å². The van der Waals surface area contributed by atoms with E-state index in [0.29, 0.717) is 0 Å². The molecule has 2 N–H and O–H groups in total. The molecule has 0 spiro atoms. The van der Waals surface area contributed by atoms with Gasteiger partial charge >= 0.3 is 0 Å². The molecule has 1 fully saturated rings. The van der Waals surface area contributed by atoms with Crippen LogP contribution >= 0.6 is 0 Å². The number of anilines is 1. The molecule has 19 heavy (non-hydrogen) atoms. The smallest absolute Gasteiger partial charge is 0.0432 e. The third kappa shape index (κ3) is 2.79. The largest absolute Gasteiger partial charge is 0.370 e. The Bertz CT molecular complexity index is 433. The van der Waals surface area contributed by atoms with Crippen molar-refractivity contribution in [2.75, 3.05) is 18.0 Å². The van der Waals surface area contributed by atoms with Crippen molar-refractivity contribution in [2.24, 2.45) is 11.7 Å². The minimum absolute atomic E-state index is 0.250. The highest BCUT2D eigenvalue weighted by molar-refractivity contribution is 5.63. The summed E-state index contributed by atoms with van der Waals surface area (Å²) in [6.45, 7) is 4.58. The predicted molar refractivity (Wildman–Crippen MR) is 81.7 cm³/mol. The van der Waals surface area contributed by atoms with Crippen LogP contribution < -0.4 is 10.6 Å². The summed E-state index contributed by atoms with van der Waals surface area (Å²) < 4.78 is 0. The minimum Gasteiger partial charge on any atom is -0.370 e. The molecule has 1 aromatic rings. The molecule has 1 aliphatic carbocycles. The first-order valence-corrected chi connectivity index (χ1v) is 7.85. The topological polar surface area (TPSA) is 29.3 Å². The number of hydrogen-bond donors (Lipinski definition) is 1. The molecule has 0 amide bonds. The molecule has 0 saturated heterocycles. The minimum atomic E-state index is 0.250. The Hall–Kier alpha value is -1.02. The molecule has 0 aromatic heterocycles. The lowest BCUT2D eigenvalue weighted by Gasteiger charge is -2.26. The first-order chi connectivity index (χ1) is 9.24. The van der Waals surface area contributed by atoms with E-state index in [9.17, 15) is 0 Å². The van der Waals surface area contributed by atoms with Gasteiger partial charge in [-0.25, -0.2) is 0 Å². The van der Waals surface area contributed by atoms with Crippen LogP contribution in [0.3, 0.4) is 0 Å². The Morgan fingerprint density at radius 1 is 1.32 bits per heavy atom. The number of para-hydroxylation sites is 1. The van der Waals surface area contributed by atoms with Gasteiger partial charge in [-0.3, -0.25) is 0 Å². The normalized spacial score (nSPS) is 20.8. The molecule has 1 aliphatic heterocycles. The van der Waals surface area contributed by atoms with Gasteiger partial charge in [-0.05, 0) is 49.7 Å². The fourth-order valence-corrected chi connectivity index (χ4v) is 3.82. The van der Waals surface area contributed by atoms with Crippen molar-refractivity contribution in [1.82, 2.24) is 0 Å². The maximum atomic E-state index is 6.01. The van der Waals surface area contributed by atoms with E-state index in [0.717, 1.165) is 12.3 Å². The number of nitrogens with zero attached hydrogens (tertiary/aromatic N) is 1. The summed E-state index contributed by atoms with van der Waals surface area (Å²) in [6.07, 6.45) is 7.96. The molecule has 3 rings (SSSR count). The van der Waals surface area contributed by atoms with Crippen molar-refractivity contribution in [3.8, 4) is 0 Å². The average Bonchev–Trinajstić information content (AvgIpc) is 3.00. The molecule has 1 atom stereocenters. The fraction of sp³-hybridized carbons (Fsp3) is 0.647. The number of nitrogens with two attached hydrogens (primary N) is 1. The molecule has 1 unspecified atom stereocenters. The lowest BCUT2D eigenvalue weighted by atomic mass is 10.0. The average molecular weight is 258 g/mol. The van der Waals surface area contributed by atoms with Crippen LogP contribution in [0.1, 0.15) is 43.7 Å². The van der Waals surface area contributed by atoms with Gasteiger partial charge in [0, 0.05) is 24.8 Å². The van der Waals surface area contributed by atoms with E-state index in [1.54, 1.807) is 0 Å². The molecular formula is C17H26N2. The van der Waals surface area contributed by atoms with Crippen LogP contribution in [0.5, 0.6) is 0 Å². The number of fused-ring (bicyclic) bond motifs is 1.